The van der Waals surface area contributed by atoms with Gasteiger partial charge in [0.05, 0.1) is 12.5 Å². The number of hydrogen-bond donors (Lipinski definition) is 1. The smallest absolute Gasteiger partial charge is 0.227 e. The molecule has 1 saturated heterocycles. The maximum absolute atomic E-state index is 12.6. The van der Waals surface area contributed by atoms with Crippen LogP contribution in [0.3, 0.4) is 0 Å². The van der Waals surface area contributed by atoms with Gasteiger partial charge in [0.1, 0.15) is 5.75 Å². The third-order valence-corrected chi connectivity index (χ3v) is 4.92. The number of piperidine rings is 1. The number of amides is 1. The molecule has 5 heteroatoms. The molecule has 2 aliphatic rings. The van der Waals surface area contributed by atoms with E-state index in [1.165, 1.54) is 19.4 Å². The molecule has 1 aromatic rings. The van der Waals surface area contributed by atoms with Crippen molar-refractivity contribution < 1.29 is 9.53 Å². The van der Waals surface area contributed by atoms with E-state index >= 15 is 0 Å². The standard InChI is InChI=1S/C20H30N2O2.ClH/c1-15(2)24-19-6-4-3-5-17(19)13-20(23)22-11-9-18(10-12-22)21-14-16-7-8-16;/h3-6,15-16,18,21H,7-14H2,1-2H3;1H. The van der Waals surface area contributed by atoms with Crippen LogP contribution in [-0.4, -0.2) is 42.6 Å². The molecule has 2 fully saturated rings. The second-order valence-corrected chi connectivity index (χ2v) is 7.46. The van der Waals surface area contributed by atoms with E-state index in [0.717, 1.165) is 43.2 Å². The Bertz CT molecular complexity index is 552. The van der Waals surface area contributed by atoms with Gasteiger partial charge in [0.15, 0.2) is 0 Å². The summed E-state index contributed by atoms with van der Waals surface area (Å²) in [4.78, 5) is 14.7. The summed E-state index contributed by atoms with van der Waals surface area (Å²) >= 11 is 0. The zero-order valence-electron chi connectivity index (χ0n) is 15.4. The van der Waals surface area contributed by atoms with Gasteiger partial charge in [0.25, 0.3) is 0 Å². The lowest BCUT2D eigenvalue weighted by atomic mass is 10.0. The molecule has 0 unspecified atom stereocenters. The molecule has 1 aliphatic heterocycles. The molecule has 0 radical (unpaired) electrons. The predicted octanol–water partition coefficient (Wildman–Crippen LogP) is 3.43. The van der Waals surface area contributed by atoms with Crippen molar-refractivity contribution in [2.75, 3.05) is 19.6 Å². The monoisotopic (exact) mass is 366 g/mol. The number of benzene rings is 1. The van der Waals surface area contributed by atoms with Gasteiger partial charge in [-0.15, -0.1) is 12.4 Å². The van der Waals surface area contributed by atoms with Crippen molar-refractivity contribution in [1.82, 2.24) is 10.2 Å². The van der Waals surface area contributed by atoms with Crippen LogP contribution in [0.2, 0.25) is 0 Å². The largest absolute Gasteiger partial charge is 0.491 e. The predicted molar refractivity (Wildman–Crippen MR) is 103 cm³/mol. The Labute approximate surface area is 157 Å². The zero-order chi connectivity index (χ0) is 16.9. The highest BCUT2D eigenvalue weighted by Gasteiger charge is 2.26. The number of nitrogens with one attached hydrogen (secondary N) is 1. The molecule has 0 atom stereocenters. The van der Waals surface area contributed by atoms with Crippen molar-refractivity contribution in [3.05, 3.63) is 29.8 Å². The Hall–Kier alpha value is -1.26. The van der Waals surface area contributed by atoms with Crippen LogP contribution in [0.1, 0.15) is 45.1 Å². The first-order valence-corrected chi connectivity index (χ1v) is 9.37. The molecular formula is C20H31ClN2O2. The summed E-state index contributed by atoms with van der Waals surface area (Å²) in [7, 11) is 0. The van der Waals surface area contributed by atoms with Gasteiger partial charge < -0.3 is 15.0 Å². The number of halogens is 1. The normalized spacial score (nSPS) is 18.1. The second kappa shape index (κ2) is 9.44. The molecule has 1 aliphatic carbocycles. The molecule has 0 aromatic heterocycles. The SMILES string of the molecule is CC(C)Oc1ccccc1CC(=O)N1CCC(NCC2CC2)CC1.Cl. The summed E-state index contributed by atoms with van der Waals surface area (Å²) in [6.07, 6.45) is 5.48. The van der Waals surface area contributed by atoms with Crippen LogP contribution >= 0.6 is 12.4 Å². The number of hydrogen-bond acceptors (Lipinski definition) is 3. The fraction of sp³-hybridized carbons (Fsp3) is 0.650. The molecule has 0 spiro atoms. The molecule has 3 rings (SSSR count). The van der Waals surface area contributed by atoms with E-state index in [1.807, 2.05) is 43.0 Å². The Morgan fingerprint density at radius 1 is 1.20 bits per heavy atom. The molecule has 0 bridgehead atoms. The van der Waals surface area contributed by atoms with Crippen LogP contribution in [0.25, 0.3) is 0 Å². The summed E-state index contributed by atoms with van der Waals surface area (Å²) in [6, 6.07) is 8.48. The van der Waals surface area contributed by atoms with Gasteiger partial charge in [-0.05, 0) is 58.1 Å². The summed E-state index contributed by atoms with van der Waals surface area (Å²) in [6.45, 7) is 6.93. The van der Waals surface area contributed by atoms with E-state index in [4.69, 9.17) is 4.74 Å². The lowest BCUT2D eigenvalue weighted by molar-refractivity contribution is -0.131. The van der Waals surface area contributed by atoms with Gasteiger partial charge in [0.2, 0.25) is 5.91 Å². The summed E-state index contributed by atoms with van der Waals surface area (Å²) in [5, 5.41) is 3.67. The van der Waals surface area contributed by atoms with Crippen molar-refractivity contribution in [3.63, 3.8) is 0 Å². The molecule has 140 valence electrons. The number of carbonyl (C=O) groups is 1. The zero-order valence-corrected chi connectivity index (χ0v) is 16.2. The van der Waals surface area contributed by atoms with Crippen molar-refractivity contribution in [2.24, 2.45) is 5.92 Å². The van der Waals surface area contributed by atoms with Crippen LogP contribution < -0.4 is 10.1 Å². The van der Waals surface area contributed by atoms with E-state index in [2.05, 4.69) is 5.32 Å². The van der Waals surface area contributed by atoms with Crippen LogP contribution in [-0.2, 0) is 11.2 Å². The Morgan fingerprint density at radius 2 is 1.88 bits per heavy atom. The highest BCUT2D eigenvalue weighted by molar-refractivity contribution is 5.85. The van der Waals surface area contributed by atoms with E-state index in [1.54, 1.807) is 0 Å². The van der Waals surface area contributed by atoms with Gasteiger partial charge in [-0.2, -0.15) is 0 Å². The van der Waals surface area contributed by atoms with Crippen molar-refractivity contribution in [3.8, 4) is 5.75 Å². The lowest BCUT2D eigenvalue weighted by Gasteiger charge is -2.32. The van der Waals surface area contributed by atoms with Gasteiger partial charge in [-0.25, -0.2) is 0 Å². The maximum atomic E-state index is 12.6. The van der Waals surface area contributed by atoms with Crippen LogP contribution in [0, 0.1) is 5.92 Å². The minimum atomic E-state index is 0. The van der Waals surface area contributed by atoms with E-state index in [-0.39, 0.29) is 24.4 Å². The number of ether oxygens (including phenoxy) is 1. The quantitative estimate of drug-likeness (QED) is 0.803. The average Bonchev–Trinajstić information content (AvgIpc) is 3.39. The highest BCUT2D eigenvalue weighted by atomic mass is 35.5. The van der Waals surface area contributed by atoms with Gasteiger partial charge in [0, 0.05) is 24.7 Å². The van der Waals surface area contributed by atoms with E-state index in [0.29, 0.717) is 12.5 Å². The maximum Gasteiger partial charge on any atom is 0.227 e. The number of nitrogens with zero attached hydrogens (tertiary/aromatic N) is 1. The van der Waals surface area contributed by atoms with Crippen molar-refractivity contribution in [2.45, 2.75) is 58.1 Å². The molecule has 1 amide bonds. The molecule has 1 N–H and O–H groups in total. The molecule has 4 nitrogen and oxygen atoms in total. The molecule has 1 heterocycles. The highest BCUT2D eigenvalue weighted by Crippen LogP contribution is 2.28. The number of likely N-dealkylation sites (tertiary alicyclic amines) is 1. The molecular weight excluding hydrogens is 336 g/mol. The fourth-order valence-electron chi connectivity index (χ4n) is 3.28. The summed E-state index contributed by atoms with van der Waals surface area (Å²) in [5.74, 6) is 1.97. The minimum absolute atomic E-state index is 0. The molecule has 1 saturated carbocycles. The first kappa shape index (κ1) is 20.1. The second-order valence-electron chi connectivity index (χ2n) is 7.46. The van der Waals surface area contributed by atoms with Crippen LogP contribution in [0.5, 0.6) is 5.75 Å². The van der Waals surface area contributed by atoms with Crippen molar-refractivity contribution in [1.29, 1.82) is 0 Å². The fourth-order valence-corrected chi connectivity index (χ4v) is 3.28. The van der Waals surface area contributed by atoms with Crippen LogP contribution in [0.15, 0.2) is 24.3 Å². The van der Waals surface area contributed by atoms with E-state index in [9.17, 15) is 4.79 Å². The number of carbonyl (C=O) groups excluding carboxylic acids is 1. The van der Waals surface area contributed by atoms with Gasteiger partial charge in [-0.3, -0.25) is 4.79 Å². The Balaban J connectivity index is 0.00000225. The third kappa shape index (κ3) is 6.19. The van der Waals surface area contributed by atoms with Crippen molar-refractivity contribution >= 4 is 18.3 Å². The topological polar surface area (TPSA) is 41.6 Å². The summed E-state index contributed by atoms with van der Waals surface area (Å²) in [5.41, 5.74) is 0.991. The first-order chi connectivity index (χ1) is 11.6. The average molecular weight is 367 g/mol. The van der Waals surface area contributed by atoms with Gasteiger partial charge >= 0.3 is 0 Å². The third-order valence-electron chi connectivity index (χ3n) is 4.92. The molecule has 25 heavy (non-hydrogen) atoms. The number of para-hydroxylation sites is 1. The Morgan fingerprint density at radius 3 is 2.52 bits per heavy atom. The number of rotatable bonds is 7. The minimum Gasteiger partial charge on any atom is -0.491 e. The lowest BCUT2D eigenvalue weighted by Crippen LogP contribution is -2.45. The summed E-state index contributed by atoms with van der Waals surface area (Å²) < 4.78 is 5.83. The first-order valence-electron chi connectivity index (χ1n) is 9.37. The molecule has 1 aromatic carbocycles. The van der Waals surface area contributed by atoms with Crippen LogP contribution in [0.4, 0.5) is 0 Å². The van der Waals surface area contributed by atoms with E-state index < -0.39 is 0 Å². The Kier molecular flexibility index (Phi) is 7.57. The van der Waals surface area contributed by atoms with Gasteiger partial charge in [-0.1, -0.05) is 18.2 Å².